The molecular formula is C10H16N4O2. The Morgan fingerprint density at radius 3 is 2.69 bits per heavy atom. The van der Waals surface area contributed by atoms with Crippen LogP contribution in [-0.4, -0.2) is 20.5 Å². The van der Waals surface area contributed by atoms with Crippen molar-refractivity contribution in [1.29, 1.82) is 0 Å². The minimum atomic E-state index is -0.433. The number of aromatic nitrogens is 2. The Morgan fingerprint density at radius 2 is 2.19 bits per heavy atom. The van der Waals surface area contributed by atoms with E-state index in [1.807, 2.05) is 0 Å². The second kappa shape index (κ2) is 3.77. The maximum atomic E-state index is 10.8. The zero-order valence-corrected chi connectivity index (χ0v) is 9.73. The molecule has 16 heavy (non-hydrogen) atoms. The molecule has 0 saturated heterocycles. The molecule has 1 aliphatic carbocycles. The van der Waals surface area contributed by atoms with Crippen LogP contribution < -0.4 is 5.32 Å². The maximum Gasteiger partial charge on any atom is 0.406 e. The van der Waals surface area contributed by atoms with Crippen LogP contribution in [0.1, 0.15) is 25.6 Å². The summed E-state index contributed by atoms with van der Waals surface area (Å²) in [5.41, 5.74) is 0. The summed E-state index contributed by atoms with van der Waals surface area (Å²) in [7, 11) is 1.79. The number of anilines is 1. The highest BCUT2D eigenvalue weighted by molar-refractivity contribution is 5.54. The van der Waals surface area contributed by atoms with Gasteiger partial charge < -0.3 is 15.4 Å². The Hall–Kier alpha value is -1.59. The van der Waals surface area contributed by atoms with Crippen molar-refractivity contribution in [1.82, 2.24) is 9.55 Å². The van der Waals surface area contributed by atoms with Gasteiger partial charge in [-0.2, -0.15) is 0 Å². The smallest absolute Gasteiger partial charge is 0.362 e. The number of hydrogen-bond donors (Lipinski definition) is 1. The SMILES string of the molecule is Cc1nc([N+](=O)[O-])c(NC2CC(C)C2)n1C. The second-order valence-corrected chi connectivity index (χ2v) is 4.57. The van der Waals surface area contributed by atoms with E-state index in [0.717, 1.165) is 12.8 Å². The largest absolute Gasteiger partial charge is 0.406 e. The summed E-state index contributed by atoms with van der Waals surface area (Å²) in [6, 6.07) is 0.350. The van der Waals surface area contributed by atoms with Crippen LogP contribution in [0.15, 0.2) is 0 Å². The first-order valence-electron chi connectivity index (χ1n) is 5.43. The van der Waals surface area contributed by atoms with Gasteiger partial charge in [-0.25, -0.2) is 0 Å². The Bertz CT molecular complexity index is 421. The number of aryl methyl sites for hydroxylation is 1. The third-order valence-corrected chi connectivity index (χ3v) is 3.19. The van der Waals surface area contributed by atoms with E-state index in [2.05, 4.69) is 17.2 Å². The lowest BCUT2D eigenvalue weighted by Crippen LogP contribution is -2.34. The predicted octanol–water partition coefficient (Wildman–Crippen LogP) is 1.85. The molecule has 88 valence electrons. The monoisotopic (exact) mass is 224 g/mol. The van der Waals surface area contributed by atoms with Crippen LogP contribution >= 0.6 is 0 Å². The average molecular weight is 224 g/mol. The van der Waals surface area contributed by atoms with Crippen molar-refractivity contribution in [3.63, 3.8) is 0 Å². The summed E-state index contributed by atoms with van der Waals surface area (Å²) >= 11 is 0. The molecular weight excluding hydrogens is 208 g/mol. The lowest BCUT2D eigenvalue weighted by molar-refractivity contribution is -0.388. The van der Waals surface area contributed by atoms with E-state index in [9.17, 15) is 10.1 Å². The molecule has 0 bridgehead atoms. The fraction of sp³-hybridized carbons (Fsp3) is 0.700. The van der Waals surface area contributed by atoms with Gasteiger partial charge in [-0.1, -0.05) is 6.92 Å². The zero-order chi connectivity index (χ0) is 11.9. The summed E-state index contributed by atoms with van der Waals surface area (Å²) in [5, 5.41) is 14.0. The van der Waals surface area contributed by atoms with Gasteiger partial charge in [-0.15, -0.1) is 0 Å². The van der Waals surface area contributed by atoms with E-state index in [-0.39, 0.29) is 5.82 Å². The van der Waals surface area contributed by atoms with Crippen LogP contribution in [0.3, 0.4) is 0 Å². The molecule has 1 fully saturated rings. The molecule has 0 radical (unpaired) electrons. The van der Waals surface area contributed by atoms with Crippen molar-refractivity contribution in [3.05, 3.63) is 15.9 Å². The highest BCUT2D eigenvalue weighted by Gasteiger charge is 2.30. The predicted molar refractivity (Wildman–Crippen MR) is 60.4 cm³/mol. The molecule has 0 atom stereocenters. The maximum absolute atomic E-state index is 10.8. The van der Waals surface area contributed by atoms with Crippen molar-refractivity contribution >= 4 is 11.6 Å². The van der Waals surface area contributed by atoms with Crippen molar-refractivity contribution < 1.29 is 4.92 Å². The van der Waals surface area contributed by atoms with Gasteiger partial charge in [0.25, 0.3) is 0 Å². The Balaban J connectivity index is 2.21. The van der Waals surface area contributed by atoms with Gasteiger partial charge in [0, 0.05) is 20.0 Å². The highest BCUT2D eigenvalue weighted by Crippen LogP contribution is 2.32. The normalized spacial score (nSPS) is 23.9. The summed E-state index contributed by atoms with van der Waals surface area (Å²) in [6.07, 6.45) is 2.14. The molecule has 1 aliphatic rings. The molecule has 0 aliphatic heterocycles. The number of nitro groups is 1. The number of imidazole rings is 1. The van der Waals surface area contributed by atoms with Crippen molar-refractivity contribution in [2.45, 2.75) is 32.7 Å². The van der Waals surface area contributed by atoms with Crippen LogP contribution in [0.25, 0.3) is 0 Å². The molecule has 0 unspecified atom stereocenters. The molecule has 1 N–H and O–H groups in total. The average Bonchev–Trinajstić information content (AvgIpc) is 2.43. The van der Waals surface area contributed by atoms with Crippen LogP contribution in [-0.2, 0) is 7.05 Å². The fourth-order valence-corrected chi connectivity index (χ4v) is 2.10. The summed E-state index contributed by atoms with van der Waals surface area (Å²) in [4.78, 5) is 14.3. The number of nitrogens with one attached hydrogen (secondary N) is 1. The first-order chi connectivity index (χ1) is 7.49. The van der Waals surface area contributed by atoms with Crippen LogP contribution in [0, 0.1) is 23.0 Å². The number of nitrogens with zero attached hydrogens (tertiary/aromatic N) is 3. The third kappa shape index (κ3) is 1.75. The van der Waals surface area contributed by atoms with Gasteiger partial charge in [0.1, 0.15) is 0 Å². The van der Waals surface area contributed by atoms with Crippen molar-refractivity contribution in [3.8, 4) is 0 Å². The quantitative estimate of drug-likeness (QED) is 0.628. The van der Waals surface area contributed by atoms with E-state index < -0.39 is 4.92 Å². The van der Waals surface area contributed by atoms with E-state index in [1.54, 1.807) is 18.5 Å². The Kier molecular flexibility index (Phi) is 2.57. The van der Waals surface area contributed by atoms with E-state index >= 15 is 0 Å². The second-order valence-electron chi connectivity index (χ2n) is 4.57. The molecule has 0 aromatic carbocycles. The summed E-state index contributed by atoms with van der Waals surface area (Å²) < 4.78 is 1.74. The van der Waals surface area contributed by atoms with Crippen LogP contribution in [0.5, 0.6) is 0 Å². The minimum absolute atomic E-state index is 0.0699. The highest BCUT2D eigenvalue weighted by atomic mass is 16.6. The molecule has 1 aromatic rings. The molecule has 0 spiro atoms. The number of hydrogen-bond acceptors (Lipinski definition) is 4. The van der Waals surface area contributed by atoms with E-state index in [0.29, 0.717) is 23.6 Å². The Labute approximate surface area is 93.8 Å². The lowest BCUT2D eigenvalue weighted by Gasteiger charge is -2.33. The van der Waals surface area contributed by atoms with E-state index in [4.69, 9.17) is 0 Å². The Morgan fingerprint density at radius 1 is 1.56 bits per heavy atom. The van der Waals surface area contributed by atoms with Gasteiger partial charge in [0.15, 0.2) is 0 Å². The molecule has 0 amide bonds. The molecule has 1 heterocycles. The van der Waals surface area contributed by atoms with Gasteiger partial charge in [-0.3, -0.25) is 4.57 Å². The molecule has 6 nitrogen and oxygen atoms in total. The van der Waals surface area contributed by atoms with Gasteiger partial charge in [0.2, 0.25) is 11.6 Å². The van der Waals surface area contributed by atoms with Crippen LogP contribution in [0.4, 0.5) is 11.6 Å². The van der Waals surface area contributed by atoms with Crippen molar-refractivity contribution in [2.24, 2.45) is 13.0 Å². The molecule has 6 heteroatoms. The topological polar surface area (TPSA) is 73.0 Å². The zero-order valence-electron chi connectivity index (χ0n) is 9.73. The van der Waals surface area contributed by atoms with Crippen molar-refractivity contribution in [2.75, 3.05) is 5.32 Å². The summed E-state index contributed by atoms with van der Waals surface area (Å²) in [6.45, 7) is 3.95. The standard InChI is InChI=1S/C10H16N4O2/c1-6-4-8(5-6)12-9-10(14(15)16)11-7(2)13(9)3/h6,8,12H,4-5H2,1-3H3. The molecule has 1 saturated carbocycles. The molecule has 1 aromatic heterocycles. The van der Waals surface area contributed by atoms with Gasteiger partial charge in [0.05, 0.1) is 0 Å². The van der Waals surface area contributed by atoms with Gasteiger partial charge in [-0.05, 0) is 28.7 Å². The van der Waals surface area contributed by atoms with E-state index in [1.165, 1.54) is 0 Å². The van der Waals surface area contributed by atoms with Gasteiger partial charge >= 0.3 is 5.82 Å². The summed E-state index contributed by atoms with van der Waals surface area (Å²) in [5.74, 6) is 1.83. The molecule has 2 rings (SSSR count). The van der Waals surface area contributed by atoms with Crippen LogP contribution in [0.2, 0.25) is 0 Å². The number of rotatable bonds is 3. The lowest BCUT2D eigenvalue weighted by atomic mass is 9.82. The third-order valence-electron chi connectivity index (χ3n) is 3.19. The first kappa shape index (κ1) is 10.9. The first-order valence-corrected chi connectivity index (χ1v) is 5.43. The fourth-order valence-electron chi connectivity index (χ4n) is 2.10. The minimum Gasteiger partial charge on any atom is -0.362 e.